The summed E-state index contributed by atoms with van der Waals surface area (Å²) in [5, 5.41) is 2.41. The summed E-state index contributed by atoms with van der Waals surface area (Å²) < 4.78 is 0. The van der Waals surface area contributed by atoms with Gasteiger partial charge in [0.25, 0.3) is 0 Å². The van der Waals surface area contributed by atoms with E-state index in [-0.39, 0.29) is 5.41 Å². The summed E-state index contributed by atoms with van der Waals surface area (Å²) >= 11 is 0. The Morgan fingerprint density at radius 1 is 0.339 bits per heavy atom. The molecule has 1 spiro atoms. The number of fused-ring (bicyclic) bond motifs is 15. The maximum atomic E-state index is 5.24. The predicted molar refractivity (Wildman–Crippen MR) is 228 cm³/mol. The second-order valence-electron chi connectivity index (χ2n) is 15.9. The molecule has 0 saturated heterocycles. The first-order valence-corrected chi connectivity index (χ1v) is 19.4. The van der Waals surface area contributed by atoms with Crippen LogP contribution in [0.1, 0.15) is 47.2 Å². The highest BCUT2D eigenvalue weighted by molar-refractivity contribution is 6.04. The molecule has 0 unspecified atom stereocenters. The number of nitrogens with zero attached hydrogens (tertiary/aromatic N) is 3. The monoisotopic (exact) mass is 713 g/mol. The zero-order valence-electron chi connectivity index (χ0n) is 31.1. The van der Waals surface area contributed by atoms with Crippen LogP contribution in [-0.4, -0.2) is 15.0 Å². The second kappa shape index (κ2) is 11.3. The molecule has 12 rings (SSSR count). The van der Waals surface area contributed by atoms with Gasteiger partial charge in [0, 0.05) is 22.1 Å². The third-order valence-corrected chi connectivity index (χ3v) is 12.7. The molecule has 56 heavy (non-hydrogen) atoms. The van der Waals surface area contributed by atoms with Crippen LogP contribution in [0.25, 0.3) is 78.3 Å². The molecule has 3 aliphatic rings. The zero-order valence-corrected chi connectivity index (χ0v) is 31.1. The Morgan fingerprint density at radius 3 is 1.41 bits per heavy atom. The summed E-state index contributed by atoms with van der Waals surface area (Å²) in [5.74, 6) is 2.00. The van der Waals surface area contributed by atoms with E-state index in [2.05, 4.69) is 172 Å². The van der Waals surface area contributed by atoms with E-state index in [0.717, 1.165) is 22.1 Å². The summed E-state index contributed by atoms with van der Waals surface area (Å²) in [4.78, 5) is 15.5. The SMILES string of the molecule is CC1(C)c2ccccc2-c2ccc(-c3nc(-c4ccccc4)nc(-c4ccc5c6c(ccc5c4)-c4ccccc4C64c5ccccc5-c5ccccc54)n3)cc21. The van der Waals surface area contributed by atoms with E-state index in [1.807, 2.05) is 18.2 Å². The maximum Gasteiger partial charge on any atom is 0.164 e. The van der Waals surface area contributed by atoms with E-state index < -0.39 is 5.41 Å². The van der Waals surface area contributed by atoms with E-state index in [1.54, 1.807) is 0 Å². The molecular formula is C53H35N3. The molecule has 1 aromatic heterocycles. The van der Waals surface area contributed by atoms with E-state index in [9.17, 15) is 0 Å². The Kier molecular flexibility index (Phi) is 6.32. The summed E-state index contributed by atoms with van der Waals surface area (Å²) in [6.07, 6.45) is 0. The molecule has 0 aliphatic heterocycles. The van der Waals surface area contributed by atoms with Crippen molar-refractivity contribution in [1.29, 1.82) is 0 Å². The van der Waals surface area contributed by atoms with Gasteiger partial charge >= 0.3 is 0 Å². The molecule has 3 aliphatic carbocycles. The second-order valence-corrected chi connectivity index (χ2v) is 15.9. The van der Waals surface area contributed by atoms with Gasteiger partial charge in [-0.2, -0.15) is 0 Å². The molecule has 0 radical (unpaired) electrons. The van der Waals surface area contributed by atoms with Crippen LogP contribution >= 0.6 is 0 Å². The van der Waals surface area contributed by atoms with Crippen molar-refractivity contribution in [2.45, 2.75) is 24.7 Å². The number of rotatable bonds is 3. The zero-order chi connectivity index (χ0) is 37.2. The highest BCUT2D eigenvalue weighted by Gasteiger charge is 2.52. The van der Waals surface area contributed by atoms with Crippen molar-refractivity contribution in [1.82, 2.24) is 15.0 Å². The molecule has 0 atom stereocenters. The first-order chi connectivity index (χ1) is 27.5. The molecule has 0 bridgehead atoms. The summed E-state index contributed by atoms with van der Waals surface area (Å²) in [6, 6.07) is 64.1. The van der Waals surface area contributed by atoms with Gasteiger partial charge in [-0.15, -0.1) is 0 Å². The van der Waals surface area contributed by atoms with Gasteiger partial charge in [0.05, 0.1) is 5.41 Å². The van der Waals surface area contributed by atoms with Gasteiger partial charge in [-0.25, -0.2) is 15.0 Å². The Labute approximate surface area is 326 Å². The van der Waals surface area contributed by atoms with Crippen molar-refractivity contribution in [2.75, 3.05) is 0 Å². The molecule has 0 fully saturated rings. The first kappa shape index (κ1) is 31.4. The molecule has 0 saturated carbocycles. The lowest BCUT2D eigenvalue weighted by atomic mass is 9.69. The van der Waals surface area contributed by atoms with Gasteiger partial charge in [0.1, 0.15) is 0 Å². The van der Waals surface area contributed by atoms with Crippen LogP contribution in [0.5, 0.6) is 0 Å². The Hall–Kier alpha value is -6.97. The highest BCUT2D eigenvalue weighted by Crippen LogP contribution is 2.64. The van der Waals surface area contributed by atoms with Crippen LogP contribution in [0, 0.1) is 0 Å². The minimum Gasteiger partial charge on any atom is -0.208 e. The number of hydrogen-bond donors (Lipinski definition) is 0. The summed E-state index contributed by atoms with van der Waals surface area (Å²) in [7, 11) is 0. The predicted octanol–water partition coefficient (Wildman–Crippen LogP) is 12.7. The Balaban J connectivity index is 1.06. The van der Waals surface area contributed by atoms with Gasteiger partial charge in [-0.05, 0) is 89.7 Å². The molecule has 8 aromatic carbocycles. The molecule has 3 nitrogen and oxygen atoms in total. The minimum atomic E-state index is -0.415. The van der Waals surface area contributed by atoms with Crippen molar-refractivity contribution >= 4 is 10.8 Å². The van der Waals surface area contributed by atoms with Crippen molar-refractivity contribution in [3.8, 4) is 67.5 Å². The van der Waals surface area contributed by atoms with Gasteiger partial charge in [-0.1, -0.05) is 178 Å². The van der Waals surface area contributed by atoms with E-state index in [4.69, 9.17) is 15.0 Å². The topological polar surface area (TPSA) is 38.7 Å². The van der Waals surface area contributed by atoms with Crippen LogP contribution in [0.3, 0.4) is 0 Å². The van der Waals surface area contributed by atoms with Crippen LogP contribution in [0.4, 0.5) is 0 Å². The van der Waals surface area contributed by atoms with Gasteiger partial charge in [-0.3, -0.25) is 0 Å². The molecule has 1 heterocycles. The maximum absolute atomic E-state index is 5.24. The lowest BCUT2D eigenvalue weighted by Gasteiger charge is -2.31. The van der Waals surface area contributed by atoms with Crippen LogP contribution in [-0.2, 0) is 10.8 Å². The Bertz CT molecular complexity index is 3060. The largest absolute Gasteiger partial charge is 0.208 e. The normalized spacial score (nSPS) is 14.5. The third kappa shape index (κ3) is 4.09. The van der Waals surface area contributed by atoms with Crippen LogP contribution < -0.4 is 0 Å². The van der Waals surface area contributed by atoms with Crippen molar-refractivity contribution in [3.63, 3.8) is 0 Å². The molecular weight excluding hydrogens is 679 g/mol. The fourth-order valence-electron chi connectivity index (χ4n) is 10.3. The Morgan fingerprint density at radius 2 is 0.786 bits per heavy atom. The van der Waals surface area contributed by atoms with Crippen LogP contribution in [0.15, 0.2) is 176 Å². The lowest BCUT2D eigenvalue weighted by molar-refractivity contribution is 0.660. The summed E-state index contributed by atoms with van der Waals surface area (Å²) in [5.41, 5.74) is 18.2. The molecule has 0 N–H and O–H groups in total. The molecule has 0 amide bonds. The fraction of sp³-hybridized carbons (Fsp3) is 0.0755. The van der Waals surface area contributed by atoms with Crippen molar-refractivity contribution < 1.29 is 0 Å². The van der Waals surface area contributed by atoms with Gasteiger partial charge in [0.15, 0.2) is 17.5 Å². The number of benzene rings is 8. The van der Waals surface area contributed by atoms with Gasteiger partial charge in [0.2, 0.25) is 0 Å². The fourth-order valence-corrected chi connectivity index (χ4v) is 10.3. The molecule has 9 aromatic rings. The highest BCUT2D eigenvalue weighted by atomic mass is 15.0. The average Bonchev–Trinajstić information content (AvgIpc) is 3.82. The van der Waals surface area contributed by atoms with E-state index in [1.165, 1.54) is 72.1 Å². The molecule has 3 heteroatoms. The lowest BCUT2D eigenvalue weighted by Crippen LogP contribution is -2.26. The van der Waals surface area contributed by atoms with E-state index >= 15 is 0 Å². The van der Waals surface area contributed by atoms with Crippen molar-refractivity contribution in [3.05, 3.63) is 209 Å². The minimum absolute atomic E-state index is 0.129. The van der Waals surface area contributed by atoms with Crippen LogP contribution in [0.2, 0.25) is 0 Å². The van der Waals surface area contributed by atoms with E-state index in [0.29, 0.717) is 17.5 Å². The third-order valence-electron chi connectivity index (χ3n) is 12.7. The number of aromatic nitrogens is 3. The average molecular weight is 714 g/mol. The smallest absolute Gasteiger partial charge is 0.164 e. The van der Waals surface area contributed by atoms with Crippen molar-refractivity contribution in [2.24, 2.45) is 0 Å². The standard InChI is InChI=1S/C53H35N3/c1-52(2)43-20-10-6-16-37(43)41-28-26-35(31-47(41)52)51-55-49(32-14-4-3-5-15-32)54-50(56-51)34-25-27-36-33(30-34)24-29-42-40-19-9-13-23-46(40)53(48(36)42)44-21-11-7-17-38(44)39-18-8-12-22-45(39)53/h3-31H,1-2H3. The van der Waals surface area contributed by atoms with Gasteiger partial charge < -0.3 is 0 Å². The first-order valence-electron chi connectivity index (χ1n) is 19.4. The quantitative estimate of drug-likeness (QED) is 0.183. The summed E-state index contributed by atoms with van der Waals surface area (Å²) in [6.45, 7) is 4.62. The molecule has 262 valence electrons. The number of hydrogen-bond acceptors (Lipinski definition) is 3.